The molecule has 140 valence electrons. The van der Waals surface area contributed by atoms with E-state index in [2.05, 4.69) is 5.32 Å². The number of carbonyl (C=O) groups excluding carboxylic acids is 3. The van der Waals surface area contributed by atoms with Gasteiger partial charge in [0.05, 0.1) is 0 Å². The fourth-order valence-electron chi connectivity index (χ4n) is 3.46. The predicted molar refractivity (Wildman–Crippen MR) is 103 cm³/mol. The third-order valence-electron chi connectivity index (χ3n) is 4.95. The molecule has 0 bridgehead atoms. The van der Waals surface area contributed by atoms with Crippen LogP contribution in [0.4, 0.5) is 10.5 Å². The molecule has 1 N–H and O–H groups in total. The molecule has 1 fully saturated rings. The Kier molecular flexibility index (Phi) is 5.26. The SMILES string of the molecule is CCN(C(=O)CN1C(=O)N[C@@](CC)(c2ccccc2)C1=O)c1ccccc1. The molecule has 3 rings (SSSR count). The maximum Gasteiger partial charge on any atom is 0.325 e. The zero-order valence-electron chi connectivity index (χ0n) is 15.5. The van der Waals surface area contributed by atoms with E-state index >= 15 is 0 Å². The molecular weight excluding hydrogens is 342 g/mol. The Bertz CT molecular complexity index is 838. The zero-order chi connectivity index (χ0) is 19.4. The summed E-state index contributed by atoms with van der Waals surface area (Å²) in [5.41, 5.74) is 0.334. The minimum atomic E-state index is -1.12. The molecule has 4 amide bonds. The summed E-state index contributed by atoms with van der Waals surface area (Å²) in [6.45, 7) is 3.86. The molecule has 0 saturated carbocycles. The van der Waals surface area contributed by atoms with Crippen molar-refractivity contribution in [2.75, 3.05) is 18.0 Å². The molecule has 2 aromatic carbocycles. The van der Waals surface area contributed by atoms with Crippen molar-refractivity contribution in [1.29, 1.82) is 0 Å². The first-order valence-electron chi connectivity index (χ1n) is 9.08. The van der Waals surface area contributed by atoms with Crippen LogP contribution in [0.1, 0.15) is 25.8 Å². The fraction of sp³-hybridized carbons (Fsp3) is 0.286. The van der Waals surface area contributed by atoms with Gasteiger partial charge in [0, 0.05) is 12.2 Å². The number of imide groups is 1. The van der Waals surface area contributed by atoms with E-state index < -0.39 is 17.5 Å². The lowest BCUT2D eigenvalue weighted by molar-refractivity contribution is -0.134. The second-order valence-electron chi connectivity index (χ2n) is 6.42. The van der Waals surface area contributed by atoms with Crippen molar-refractivity contribution in [2.24, 2.45) is 0 Å². The number of rotatable bonds is 6. The summed E-state index contributed by atoms with van der Waals surface area (Å²) in [6, 6.07) is 17.8. The molecule has 2 aromatic rings. The Labute approximate surface area is 158 Å². The van der Waals surface area contributed by atoms with Gasteiger partial charge in [-0.1, -0.05) is 55.5 Å². The van der Waals surface area contributed by atoms with Gasteiger partial charge >= 0.3 is 6.03 Å². The summed E-state index contributed by atoms with van der Waals surface area (Å²) >= 11 is 0. The predicted octanol–water partition coefficient (Wildman–Crippen LogP) is 2.90. The van der Waals surface area contributed by atoms with E-state index in [4.69, 9.17) is 0 Å². The highest BCUT2D eigenvalue weighted by Crippen LogP contribution is 2.32. The fourth-order valence-corrected chi connectivity index (χ4v) is 3.46. The van der Waals surface area contributed by atoms with Gasteiger partial charge in [-0.3, -0.25) is 14.5 Å². The summed E-state index contributed by atoms with van der Waals surface area (Å²) in [4.78, 5) is 41.1. The molecule has 27 heavy (non-hydrogen) atoms. The normalized spacial score (nSPS) is 19.1. The van der Waals surface area contributed by atoms with Gasteiger partial charge in [-0.15, -0.1) is 0 Å². The van der Waals surface area contributed by atoms with Gasteiger partial charge in [-0.2, -0.15) is 0 Å². The largest absolute Gasteiger partial charge is 0.325 e. The van der Waals surface area contributed by atoms with Crippen LogP contribution in [0.5, 0.6) is 0 Å². The lowest BCUT2D eigenvalue weighted by Crippen LogP contribution is -2.45. The van der Waals surface area contributed by atoms with Crippen LogP contribution >= 0.6 is 0 Å². The number of likely N-dealkylation sites (N-methyl/N-ethyl adjacent to an activating group) is 1. The molecule has 1 heterocycles. The van der Waals surface area contributed by atoms with E-state index in [1.807, 2.05) is 74.5 Å². The van der Waals surface area contributed by atoms with Crippen LogP contribution < -0.4 is 10.2 Å². The second kappa shape index (κ2) is 7.61. The molecule has 0 spiro atoms. The molecule has 1 atom stereocenters. The monoisotopic (exact) mass is 365 g/mol. The summed E-state index contributed by atoms with van der Waals surface area (Å²) in [6.07, 6.45) is 0.405. The van der Waals surface area contributed by atoms with E-state index in [-0.39, 0.29) is 12.5 Å². The summed E-state index contributed by atoms with van der Waals surface area (Å²) in [5.74, 6) is -0.689. The van der Waals surface area contributed by atoms with Crippen LogP contribution in [0.25, 0.3) is 0 Å². The minimum Gasteiger partial charge on any atom is -0.319 e. The number of hydrogen-bond acceptors (Lipinski definition) is 3. The average Bonchev–Trinajstić information content (AvgIpc) is 2.95. The smallest absolute Gasteiger partial charge is 0.319 e. The number of anilines is 1. The van der Waals surface area contributed by atoms with Crippen LogP contribution in [0.15, 0.2) is 60.7 Å². The van der Waals surface area contributed by atoms with E-state index in [9.17, 15) is 14.4 Å². The Morgan fingerprint density at radius 2 is 1.59 bits per heavy atom. The van der Waals surface area contributed by atoms with Crippen LogP contribution in [-0.4, -0.2) is 35.8 Å². The molecule has 0 aliphatic carbocycles. The van der Waals surface area contributed by atoms with Crippen molar-refractivity contribution in [3.05, 3.63) is 66.2 Å². The molecule has 6 heteroatoms. The van der Waals surface area contributed by atoms with Crippen molar-refractivity contribution in [3.8, 4) is 0 Å². The molecule has 1 aliphatic rings. The number of amides is 4. The second-order valence-corrected chi connectivity index (χ2v) is 6.42. The van der Waals surface area contributed by atoms with Crippen LogP contribution in [-0.2, 0) is 15.1 Å². The van der Waals surface area contributed by atoms with Gasteiger partial charge in [0.1, 0.15) is 12.1 Å². The summed E-state index contributed by atoms with van der Waals surface area (Å²) < 4.78 is 0. The van der Waals surface area contributed by atoms with E-state index in [1.165, 1.54) is 0 Å². The van der Waals surface area contributed by atoms with E-state index in [0.29, 0.717) is 13.0 Å². The van der Waals surface area contributed by atoms with Crippen LogP contribution in [0.2, 0.25) is 0 Å². The quantitative estimate of drug-likeness (QED) is 0.800. The van der Waals surface area contributed by atoms with Crippen molar-refractivity contribution in [2.45, 2.75) is 25.8 Å². The van der Waals surface area contributed by atoms with Gasteiger partial charge < -0.3 is 10.2 Å². The maximum absolute atomic E-state index is 13.1. The Balaban J connectivity index is 1.84. The topological polar surface area (TPSA) is 69.7 Å². The number of benzene rings is 2. The molecule has 0 unspecified atom stereocenters. The van der Waals surface area contributed by atoms with Gasteiger partial charge in [-0.05, 0) is 31.0 Å². The summed E-state index contributed by atoms with van der Waals surface area (Å²) in [7, 11) is 0. The van der Waals surface area contributed by atoms with Gasteiger partial charge in [0.25, 0.3) is 5.91 Å². The van der Waals surface area contributed by atoms with E-state index in [0.717, 1.165) is 16.2 Å². The number of hydrogen-bond donors (Lipinski definition) is 1. The average molecular weight is 365 g/mol. The van der Waals surface area contributed by atoms with Gasteiger partial charge in [0.2, 0.25) is 5.91 Å². The number of nitrogens with one attached hydrogen (secondary N) is 1. The van der Waals surface area contributed by atoms with Gasteiger partial charge in [0.15, 0.2) is 0 Å². The highest BCUT2D eigenvalue weighted by molar-refractivity contribution is 6.10. The zero-order valence-corrected chi connectivity index (χ0v) is 15.5. The standard InChI is InChI=1S/C21H23N3O3/c1-3-21(16-11-7-5-8-12-16)19(26)24(20(27)22-21)15-18(25)23(4-2)17-13-9-6-10-14-17/h5-14H,3-4,15H2,1-2H3,(H,22,27)/t21-/m0/s1. The number of nitrogens with zero attached hydrogens (tertiary/aromatic N) is 2. The van der Waals surface area contributed by atoms with Crippen LogP contribution in [0, 0.1) is 0 Å². The molecule has 6 nitrogen and oxygen atoms in total. The number of urea groups is 1. The molecule has 1 aliphatic heterocycles. The van der Waals surface area contributed by atoms with Crippen molar-refractivity contribution < 1.29 is 14.4 Å². The van der Waals surface area contributed by atoms with Crippen molar-refractivity contribution >= 4 is 23.5 Å². The maximum atomic E-state index is 13.1. The lowest BCUT2D eigenvalue weighted by atomic mass is 9.87. The third kappa shape index (κ3) is 3.30. The molecule has 1 saturated heterocycles. The number of carbonyl (C=O) groups is 3. The Morgan fingerprint density at radius 3 is 2.15 bits per heavy atom. The lowest BCUT2D eigenvalue weighted by Gasteiger charge is -2.26. The highest BCUT2D eigenvalue weighted by Gasteiger charge is 2.51. The van der Waals surface area contributed by atoms with E-state index in [1.54, 1.807) is 4.90 Å². The number of para-hydroxylation sites is 1. The van der Waals surface area contributed by atoms with Gasteiger partial charge in [-0.25, -0.2) is 4.79 Å². The third-order valence-corrected chi connectivity index (χ3v) is 4.95. The van der Waals surface area contributed by atoms with Crippen LogP contribution in [0.3, 0.4) is 0 Å². The first kappa shape index (κ1) is 18.6. The first-order chi connectivity index (χ1) is 13.0. The first-order valence-corrected chi connectivity index (χ1v) is 9.08. The highest BCUT2D eigenvalue weighted by atomic mass is 16.2. The van der Waals surface area contributed by atoms with Crippen molar-refractivity contribution in [3.63, 3.8) is 0 Å². The minimum absolute atomic E-state index is 0.290. The molecule has 0 aromatic heterocycles. The summed E-state index contributed by atoms with van der Waals surface area (Å²) in [5, 5.41) is 2.80. The molecular formula is C21H23N3O3. The van der Waals surface area contributed by atoms with Crippen molar-refractivity contribution in [1.82, 2.24) is 10.2 Å². The Morgan fingerprint density at radius 1 is 1.00 bits per heavy atom. The molecule has 0 radical (unpaired) electrons. The Hall–Kier alpha value is -3.15.